The van der Waals surface area contributed by atoms with Gasteiger partial charge in [-0.05, 0) is 12.1 Å². The number of ether oxygens (including phenoxy) is 1. The normalized spacial score (nSPS) is 10.8. The van der Waals surface area contributed by atoms with Crippen LogP contribution in [-0.2, 0) is 0 Å². The fourth-order valence-corrected chi connectivity index (χ4v) is 2.17. The Bertz CT molecular complexity index is 809. The molecule has 0 fully saturated rings. The maximum Gasteiger partial charge on any atom is 0.332 e. The van der Waals surface area contributed by atoms with Gasteiger partial charge >= 0.3 is 5.69 Å². The highest BCUT2D eigenvalue weighted by molar-refractivity contribution is 6.33. The molecule has 0 radical (unpaired) electrons. The van der Waals surface area contributed by atoms with Crippen molar-refractivity contribution < 1.29 is 4.74 Å². The smallest absolute Gasteiger partial charge is 0.332 e. The summed E-state index contributed by atoms with van der Waals surface area (Å²) in [7, 11) is 1.54. The average Bonchev–Trinajstić information content (AvgIpc) is 2.76. The topological polar surface area (TPSA) is 72.8 Å². The molecule has 1 aromatic carbocycles. The number of aromatic amines is 1. The minimum absolute atomic E-state index is 0.203. The molecular formula is C12H9ClN4O2. The molecule has 3 rings (SSSR count). The van der Waals surface area contributed by atoms with E-state index in [9.17, 15) is 4.79 Å². The summed E-state index contributed by atoms with van der Waals surface area (Å²) in [6, 6.07) is 7.15. The zero-order chi connectivity index (χ0) is 13.4. The van der Waals surface area contributed by atoms with Gasteiger partial charge < -0.3 is 4.74 Å². The predicted octanol–water partition coefficient (Wildman–Crippen LogP) is 1.77. The number of benzene rings is 1. The standard InChI is InChI=1S/C12H9ClN4O2/c1-19-8-5-3-2-4-7(8)17-9-10(13)14-6-15-11(9)16-12(17)18/h2-6H,1H3,(H,14,15,16,18). The van der Waals surface area contributed by atoms with Crippen LogP contribution in [-0.4, -0.2) is 26.6 Å². The fraction of sp³-hybridized carbons (Fsp3) is 0.0833. The van der Waals surface area contributed by atoms with Crippen LogP contribution in [0.3, 0.4) is 0 Å². The van der Waals surface area contributed by atoms with E-state index in [-0.39, 0.29) is 10.8 Å². The lowest BCUT2D eigenvalue weighted by Gasteiger charge is -2.08. The molecule has 2 heterocycles. The quantitative estimate of drug-likeness (QED) is 0.724. The van der Waals surface area contributed by atoms with Crippen molar-refractivity contribution in [1.29, 1.82) is 0 Å². The van der Waals surface area contributed by atoms with E-state index < -0.39 is 0 Å². The van der Waals surface area contributed by atoms with Gasteiger partial charge in [-0.15, -0.1) is 0 Å². The molecule has 0 saturated carbocycles. The summed E-state index contributed by atoms with van der Waals surface area (Å²) in [4.78, 5) is 22.6. The molecule has 6 nitrogen and oxygen atoms in total. The largest absolute Gasteiger partial charge is 0.495 e. The van der Waals surface area contributed by atoms with E-state index in [1.54, 1.807) is 18.2 Å². The second-order valence-corrected chi connectivity index (χ2v) is 4.16. The summed E-state index contributed by atoms with van der Waals surface area (Å²) in [5.74, 6) is 0.561. The van der Waals surface area contributed by atoms with Crippen molar-refractivity contribution in [2.75, 3.05) is 7.11 Å². The van der Waals surface area contributed by atoms with Crippen LogP contribution in [0.1, 0.15) is 0 Å². The van der Waals surface area contributed by atoms with Gasteiger partial charge in [-0.25, -0.2) is 14.8 Å². The van der Waals surface area contributed by atoms with Crippen LogP contribution in [0.15, 0.2) is 35.4 Å². The monoisotopic (exact) mass is 276 g/mol. The Morgan fingerprint density at radius 1 is 1.32 bits per heavy atom. The third-order valence-electron chi connectivity index (χ3n) is 2.76. The number of rotatable bonds is 2. The number of para-hydroxylation sites is 2. The number of nitrogens with zero attached hydrogens (tertiary/aromatic N) is 3. The van der Waals surface area contributed by atoms with E-state index in [2.05, 4.69) is 15.0 Å². The molecule has 0 bridgehead atoms. The second kappa shape index (κ2) is 4.40. The Hall–Kier alpha value is -2.34. The van der Waals surface area contributed by atoms with Crippen LogP contribution in [0.2, 0.25) is 5.15 Å². The van der Waals surface area contributed by atoms with Crippen LogP contribution in [0.25, 0.3) is 16.9 Å². The minimum Gasteiger partial charge on any atom is -0.495 e. The van der Waals surface area contributed by atoms with Gasteiger partial charge in [0.2, 0.25) is 0 Å². The van der Waals surface area contributed by atoms with Gasteiger partial charge in [-0.1, -0.05) is 23.7 Å². The highest BCUT2D eigenvalue weighted by atomic mass is 35.5. The van der Waals surface area contributed by atoms with E-state index in [4.69, 9.17) is 16.3 Å². The highest BCUT2D eigenvalue weighted by Crippen LogP contribution is 2.26. The molecule has 0 unspecified atom stereocenters. The van der Waals surface area contributed by atoms with Gasteiger partial charge in [0.15, 0.2) is 10.8 Å². The molecule has 0 saturated heterocycles. The Kier molecular flexibility index (Phi) is 2.72. The highest BCUT2D eigenvalue weighted by Gasteiger charge is 2.16. The number of hydrogen-bond acceptors (Lipinski definition) is 4. The van der Waals surface area contributed by atoms with Crippen LogP contribution < -0.4 is 10.4 Å². The lowest BCUT2D eigenvalue weighted by atomic mass is 10.3. The lowest BCUT2D eigenvalue weighted by molar-refractivity contribution is 0.413. The Balaban J connectivity index is 2.43. The Morgan fingerprint density at radius 2 is 2.11 bits per heavy atom. The van der Waals surface area contributed by atoms with E-state index in [1.165, 1.54) is 18.0 Å². The van der Waals surface area contributed by atoms with Crippen molar-refractivity contribution >= 4 is 22.8 Å². The number of aromatic nitrogens is 4. The zero-order valence-electron chi connectivity index (χ0n) is 9.92. The number of H-pyrrole nitrogens is 1. The van der Waals surface area contributed by atoms with Crippen molar-refractivity contribution in [3.8, 4) is 11.4 Å². The summed E-state index contributed by atoms with van der Waals surface area (Å²) in [6.07, 6.45) is 1.30. The van der Waals surface area contributed by atoms with E-state index in [0.717, 1.165) is 0 Å². The molecule has 19 heavy (non-hydrogen) atoms. The van der Waals surface area contributed by atoms with Gasteiger partial charge in [0.25, 0.3) is 0 Å². The van der Waals surface area contributed by atoms with Gasteiger partial charge in [0.1, 0.15) is 17.6 Å². The van der Waals surface area contributed by atoms with Crippen molar-refractivity contribution in [3.05, 3.63) is 46.2 Å². The molecule has 0 amide bonds. The predicted molar refractivity (Wildman–Crippen MR) is 71.0 cm³/mol. The average molecular weight is 277 g/mol. The first kappa shape index (κ1) is 11.7. The van der Waals surface area contributed by atoms with Crippen LogP contribution in [0.5, 0.6) is 5.75 Å². The van der Waals surface area contributed by atoms with Crippen molar-refractivity contribution in [1.82, 2.24) is 19.5 Å². The first-order valence-corrected chi connectivity index (χ1v) is 5.85. The molecule has 7 heteroatoms. The lowest BCUT2D eigenvalue weighted by Crippen LogP contribution is -2.15. The molecule has 0 atom stereocenters. The third kappa shape index (κ3) is 1.77. The Morgan fingerprint density at radius 3 is 2.89 bits per heavy atom. The van der Waals surface area contributed by atoms with Gasteiger partial charge in [0, 0.05) is 0 Å². The molecule has 96 valence electrons. The van der Waals surface area contributed by atoms with E-state index in [0.29, 0.717) is 22.6 Å². The number of fused-ring (bicyclic) bond motifs is 1. The van der Waals surface area contributed by atoms with Gasteiger partial charge in [-0.3, -0.25) is 9.55 Å². The Labute approximate surface area is 112 Å². The van der Waals surface area contributed by atoms with Gasteiger partial charge in [0.05, 0.1) is 12.8 Å². The maximum atomic E-state index is 12.1. The number of nitrogens with one attached hydrogen (secondary N) is 1. The molecule has 2 aromatic heterocycles. The molecule has 1 N–H and O–H groups in total. The van der Waals surface area contributed by atoms with E-state index >= 15 is 0 Å². The summed E-state index contributed by atoms with van der Waals surface area (Å²) in [6.45, 7) is 0. The van der Waals surface area contributed by atoms with Crippen LogP contribution in [0.4, 0.5) is 0 Å². The van der Waals surface area contributed by atoms with E-state index in [1.807, 2.05) is 6.07 Å². The summed E-state index contributed by atoms with van der Waals surface area (Å²) < 4.78 is 6.65. The van der Waals surface area contributed by atoms with Crippen molar-refractivity contribution in [3.63, 3.8) is 0 Å². The first-order chi connectivity index (χ1) is 9.22. The summed E-state index contributed by atoms with van der Waals surface area (Å²) in [5, 5.41) is 0.203. The maximum absolute atomic E-state index is 12.1. The molecule has 0 aliphatic carbocycles. The molecular weight excluding hydrogens is 268 g/mol. The number of methoxy groups -OCH3 is 1. The number of halogens is 1. The zero-order valence-corrected chi connectivity index (χ0v) is 10.7. The summed E-state index contributed by atoms with van der Waals surface area (Å²) in [5.41, 5.74) is 1.05. The molecule has 0 spiro atoms. The third-order valence-corrected chi connectivity index (χ3v) is 3.03. The molecule has 0 aliphatic heterocycles. The van der Waals surface area contributed by atoms with Crippen molar-refractivity contribution in [2.45, 2.75) is 0 Å². The first-order valence-electron chi connectivity index (χ1n) is 5.47. The van der Waals surface area contributed by atoms with Crippen LogP contribution in [0, 0.1) is 0 Å². The summed E-state index contributed by atoms with van der Waals surface area (Å²) >= 11 is 6.05. The fourth-order valence-electron chi connectivity index (χ4n) is 1.95. The van der Waals surface area contributed by atoms with Crippen molar-refractivity contribution in [2.24, 2.45) is 0 Å². The minimum atomic E-state index is -0.345. The van der Waals surface area contributed by atoms with Gasteiger partial charge in [-0.2, -0.15) is 0 Å². The molecule has 0 aliphatic rings. The second-order valence-electron chi connectivity index (χ2n) is 3.80. The molecule has 3 aromatic rings. The SMILES string of the molecule is COc1ccccc1-n1c(=O)[nH]c2ncnc(Cl)c21. The number of imidazole rings is 1. The van der Waals surface area contributed by atoms with Crippen LogP contribution >= 0.6 is 11.6 Å². The number of hydrogen-bond donors (Lipinski definition) is 1.